The molecule has 0 saturated carbocycles. The maximum absolute atomic E-state index is 14.6. The molecule has 17 heteroatoms. The maximum atomic E-state index is 14.6. The number of rotatable bonds is 9. The monoisotopic (exact) mass is 885 g/mol. The summed E-state index contributed by atoms with van der Waals surface area (Å²) in [5, 5.41) is 28.6. The number of fused-ring (bicyclic) bond motifs is 3. The summed E-state index contributed by atoms with van der Waals surface area (Å²) in [5.74, 6) is -4.73. The van der Waals surface area contributed by atoms with Gasteiger partial charge >= 0.3 is 17.9 Å². The van der Waals surface area contributed by atoms with Crippen molar-refractivity contribution in [3.63, 3.8) is 0 Å². The van der Waals surface area contributed by atoms with Gasteiger partial charge in [-0.15, -0.1) is 0 Å². The van der Waals surface area contributed by atoms with Gasteiger partial charge in [0.15, 0.2) is 24.8 Å². The van der Waals surface area contributed by atoms with E-state index in [1.54, 1.807) is 33.8 Å². The summed E-state index contributed by atoms with van der Waals surface area (Å²) in [6.45, 7) is 20.8. The molecule has 0 spiro atoms. The topological polar surface area (TPSA) is 200 Å². The fourth-order valence-electron chi connectivity index (χ4n) is 9.93. The van der Waals surface area contributed by atoms with E-state index >= 15 is 0 Å². The van der Waals surface area contributed by atoms with Crippen LogP contribution >= 0.6 is 0 Å². The summed E-state index contributed by atoms with van der Waals surface area (Å²) in [5.41, 5.74) is -3.77. The maximum Gasteiger partial charge on any atom is 0.311 e. The van der Waals surface area contributed by atoms with Crippen LogP contribution in [0.3, 0.4) is 0 Å². The fourth-order valence-corrected chi connectivity index (χ4v) is 9.93. The average molecular weight is 885 g/mol. The van der Waals surface area contributed by atoms with Crippen LogP contribution < -0.4 is 0 Å². The van der Waals surface area contributed by atoms with Gasteiger partial charge in [-0.2, -0.15) is 0 Å². The number of hydrogen-bond donors (Lipinski definition) is 2. The van der Waals surface area contributed by atoms with Crippen LogP contribution in [-0.4, -0.2) is 157 Å². The van der Waals surface area contributed by atoms with E-state index in [1.807, 2.05) is 59.7 Å². The Morgan fingerprint density at radius 3 is 2.15 bits per heavy atom. The lowest BCUT2D eigenvalue weighted by molar-refractivity contribution is -0.321. The molecule has 2 bridgehead atoms. The van der Waals surface area contributed by atoms with Crippen LogP contribution in [0, 0.1) is 23.7 Å². The molecule has 4 rings (SSSR count). The minimum atomic E-state index is -1.92. The Bertz CT molecular complexity index is 1570. The molecule has 0 radical (unpaired) electrons. The molecule has 0 aromatic rings. The summed E-state index contributed by atoms with van der Waals surface area (Å²) < 4.78 is 57.9. The SMILES string of the molecule is CC[C@H]1OC(=O)[C@H](C)[C@@H](O[C@H]2C[C@@](C)(OC)[C@@H](OC(C)=O)[C@H](C)O2)[C@H](C)[C@@H](O[C@@H]2O[C@H](C)C[C@H](N(C)C)[C@H]2OC(C)=O)[C@@]2(C)C[C@@H](C)/C(=N\OC/C=C/CO2)[C@H](C)[C@@H](O)[C@]1(C)O. The standard InChI is InChI=1S/C45H76N2O15/c1-16-33-45(12,52)38(50)26(4)35-24(2)22-44(11,54-19-17-18-20-55-46-35)39(62-42-37(58-30(8)48)32(47(13)14)21-25(3)56-42)27(5)36(28(6)41(51)60-33)61-34-23-43(10,53-15)40(29(7)57-34)59-31(9)49/h17-18,24-29,32-34,36-40,42,50,52H,16,19-23H2,1-15H3/b18-17+,46-35+/t24-,25-,26+,27+,28-,29+,32+,33-,34+,36+,37-,38-,39-,40+,42+,43-,44-,45-/m1/s1. The van der Waals surface area contributed by atoms with Crippen LogP contribution in [0.2, 0.25) is 0 Å². The Balaban J connectivity index is 1.97. The first kappa shape index (κ1) is 51.9. The van der Waals surface area contributed by atoms with E-state index in [0.717, 1.165) is 0 Å². The Morgan fingerprint density at radius 1 is 0.903 bits per heavy atom. The molecule has 2 N–H and O–H groups in total. The number of hydrogen-bond acceptors (Lipinski definition) is 17. The van der Waals surface area contributed by atoms with Gasteiger partial charge in [0, 0.05) is 45.1 Å². The number of methoxy groups -OCH3 is 1. The van der Waals surface area contributed by atoms with Crippen LogP contribution in [0.1, 0.15) is 109 Å². The zero-order valence-corrected chi connectivity index (χ0v) is 39.7. The molecule has 3 saturated heterocycles. The summed E-state index contributed by atoms with van der Waals surface area (Å²) in [4.78, 5) is 47.3. The molecule has 17 nitrogen and oxygen atoms in total. The van der Waals surface area contributed by atoms with Crippen molar-refractivity contribution in [2.24, 2.45) is 28.8 Å². The minimum Gasteiger partial charge on any atom is -0.459 e. The number of carbonyl (C=O) groups excluding carboxylic acids is 3. The fraction of sp³-hybridized carbons (Fsp3) is 0.867. The predicted octanol–water partition coefficient (Wildman–Crippen LogP) is 4.32. The van der Waals surface area contributed by atoms with Crippen molar-refractivity contribution in [1.82, 2.24) is 4.90 Å². The first-order chi connectivity index (χ1) is 28.9. The van der Waals surface area contributed by atoms with Gasteiger partial charge in [0.2, 0.25) is 0 Å². The smallest absolute Gasteiger partial charge is 0.311 e. The van der Waals surface area contributed by atoms with Gasteiger partial charge in [0.1, 0.15) is 23.9 Å². The molecule has 3 fully saturated rings. The number of likely N-dealkylation sites (N-methyl/N-ethyl adjacent to an activating group) is 1. The van der Waals surface area contributed by atoms with Crippen LogP contribution in [0.5, 0.6) is 0 Å². The summed E-state index contributed by atoms with van der Waals surface area (Å²) in [6.07, 6.45) is -4.67. The molecule has 4 aliphatic rings. The van der Waals surface area contributed by atoms with Crippen molar-refractivity contribution in [3.05, 3.63) is 12.2 Å². The third kappa shape index (κ3) is 11.9. The quantitative estimate of drug-likeness (QED) is 0.188. The Kier molecular flexibility index (Phi) is 18.0. The van der Waals surface area contributed by atoms with Gasteiger partial charge in [0.25, 0.3) is 0 Å². The van der Waals surface area contributed by atoms with Crippen molar-refractivity contribution >= 4 is 23.6 Å². The average Bonchev–Trinajstić information content (AvgIpc) is 3.22. The van der Waals surface area contributed by atoms with Crippen molar-refractivity contribution in [2.45, 2.75) is 193 Å². The van der Waals surface area contributed by atoms with Gasteiger partial charge in [-0.3, -0.25) is 14.4 Å². The van der Waals surface area contributed by atoms with Gasteiger partial charge < -0.3 is 62.6 Å². The number of esters is 3. The van der Waals surface area contributed by atoms with E-state index in [1.165, 1.54) is 27.9 Å². The summed E-state index contributed by atoms with van der Waals surface area (Å²) >= 11 is 0. The Hall–Kier alpha value is -2.74. The van der Waals surface area contributed by atoms with Crippen LogP contribution in [0.25, 0.3) is 0 Å². The Labute approximate surface area is 368 Å². The molecule has 62 heavy (non-hydrogen) atoms. The van der Waals surface area contributed by atoms with Gasteiger partial charge in [-0.25, -0.2) is 0 Å². The molecule has 0 aromatic carbocycles. The van der Waals surface area contributed by atoms with Crippen LogP contribution in [0.15, 0.2) is 17.3 Å². The first-order valence-electron chi connectivity index (χ1n) is 22.2. The summed E-state index contributed by atoms with van der Waals surface area (Å²) in [6, 6.07) is -0.281. The Morgan fingerprint density at radius 2 is 1.55 bits per heavy atom. The highest BCUT2D eigenvalue weighted by Gasteiger charge is 2.55. The molecule has 4 aliphatic heterocycles. The van der Waals surface area contributed by atoms with E-state index in [-0.39, 0.29) is 44.6 Å². The zero-order chi connectivity index (χ0) is 46.5. The molecule has 356 valence electrons. The number of oxime groups is 1. The zero-order valence-electron chi connectivity index (χ0n) is 39.7. The highest BCUT2D eigenvalue weighted by Crippen LogP contribution is 2.43. The number of nitrogens with zero attached hydrogens (tertiary/aromatic N) is 2. The van der Waals surface area contributed by atoms with E-state index in [2.05, 4.69) is 5.16 Å². The molecular formula is C45H76N2O15. The first-order valence-corrected chi connectivity index (χ1v) is 22.2. The third-order valence-corrected chi connectivity index (χ3v) is 13.4. The van der Waals surface area contributed by atoms with Gasteiger partial charge in [0.05, 0.1) is 60.4 Å². The van der Waals surface area contributed by atoms with E-state index in [9.17, 15) is 24.6 Å². The number of aliphatic hydroxyl groups is 2. The van der Waals surface area contributed by atoms with E-state index in [0.29, 0.717) is 12.1 Å². The van der Waals surface area contributed by atoms with Crippen molar-refractivity contribution < 1.29 is 72.1 Å². The molecule has 0 amide bonds. The normalized spacial score (nSPS) is 45.3. The molecule has 0 unspecified atom stereocenters. The second kappa shape index (κ2) is 21.5. The highest BCUT2D eigenvalue weighted by atomic mass is 16.7. The largest absolute Gasteiger partial charge is 0.459 e. The van der Waals surface area contributed by atoms with E-state index < -0.39 is 114 Å². The highest BCUT2D eigenvalue weighted by molar-refractivity contribution is 5.88. The lowest BCUT2D eigenvalue weighted by atomic mass is 9.73. The van der Waals surface area contributed by atoms with Crippen molar-refractivity contribution in [1.29, 1.82) is 0 Å². The van der Waals surface area contributed by atoms with E-state index in [4.69, 9.17) is 47.5 Å². The molecule has 4 heterocycles. The lowest BCUT2D eigenvalue weighted by Crippen LogP contribution is -2.62. The van der Waals surface area contributed by atoms with Crippen LogP contribution in [-0.2, 0) is 61.9 Å². The number of cyclic esters (lactones) is 1. The number of ether oxygens (including phenoxy) is 9. The molecule has 0 aliphatic carbocycles. The molecular weight excluding hydrogens is 808 g/mol. The third-order valence-electron chi connectivity index (χ3n) is 13.4. The van der Waals surface area contributed by atoms with Gasteiger partial charge in [-0.1, -0.05) is 38.9 Å². The number of aliphatic hydroxyl groups excluding tert-OH is 1. The van der Waals surface area contributed by atoms with Gasteiger partial charge in [-0.05, 0) is 81.0 Å². The molecule has 18 atom stereocenters. The molecule has 0 aromatic heterocycles. The minimum absolute atomic E-state index is 0.108. The lowest BCUT2D eigenvalue weighted by Gasteiger charge is -2.50. The second-order valence-corrected chi connectivity index (χ2v) is 18.8. The predicted molar refractivity (Wildman–Crippen MR) is 227 cm³/mol. The van der Waals surface area contributed by atoms with Crippen molar-refractivity contribution in [2.75, 3.05) is 34.4 Å². The van der Waals surface area contributed by atoms with Crippen molar-refractivity contribution in [3.8, 4) is 0 Å². The second-order valence-electron chi connectivity index (χ2n) is 18.8. The number of carbonyl (C=O) groups is 3. The summed E-state index contributed by atoms with van der Waals surface area (Å²) in [7, 11) is 5.34. The van der Waals surface area contributed by atoms with Crippen LogP contribution in [0.4, 0.5) is 0 Å².